The van der Waals surface area contributed by atoms with Gasteiger partial charge in [-0.05, 0) is 40.5 Å². The van der Waals surface area contributed by atoms with Crippen molar-refractivity contribution in [3.63, 3.8) is 0 Å². The van der Waals surface area contributed by atoms with E-state index in [2.05, 4.69) is 40.7 Å². The predicted molar refractivity (Wildman–Crippen MR) is 113 cm³/mol. The monoisotopic (exact) mass is 364 g/mol. The number of benzene rings is 3. The average Bonchev–Trinajstić information content (AvgIpc) is 3.31. The number of allylic oxidation sites excluding steroid dienone is 2. The Morgan fingerprint density at radius 1 is 0.964 bits per heavy atom. The van der Waals surface area contributed by atoms with Gasteiger partial charge >= 0.3 is 0 Å². The fourth-order valence-corrected chi connectivity index (χ4v) is 4.25. The van der Waals surface area contributed by atoms with E-state index in [0.717, 1.165) is 22.0 Å². The molecule has 136 valence electrons. The molecule has 0 N–H and O–H groups in total. The third kappa shape index (κ3) is 2.67. The molecule has 2 heterocycles. The van der Waals surface area contributed by atoms with E-state index in [1.165, 1.54) is 16.7 Å². The first kappa shape index (κ1) is 16.7. The van der Waals surface area contributed by atoms with Crippen LogP contribution in [0, 0.1) is 0 Å². The molecule has 3 nitrogen and oxygen atoms in total. The quantitative estimate of drug-likeness (QED) is 0.429. The van der Waals surface area contributed by atoms with E-state index < -0.39 is 0 Å². The summed E-state index contributed by atoms with van der Waals surface area (Å²) in [6, 6.07) is 24.4. The van der Waals surface area contributed by atoms with Crippen LogP contribution in [0.5, 0.6) is 0 Å². The van der Waals surface area contributed by atoms with Crippen molar-refractivity contribution in [3.8, 4) is 0 Å². The Morgan fingerprint density at radius 3 is 2.54 bits per heavy atom. The molecule has 0 saturated carbocycles. The van der Waals surface area contributed by atoms with Crippen molar-refractivity contribution >= 4 is 27.7 Å². The molecular formula is C25H20N2O. The first-order valence-electron chi connectivity index (χ1n) is 9.53. The first-order valence-corrected chi connectivity index (χ1v) is 9.53. The van der Waals surface area contributed by atoms with Gasteiger partial charge in [0, 0.05) is 12.0 Å². The lowest BCUT2D eigenvalue weighted by atomic mass is 9.91. The molecule has 0 saturated heterocycles. The number of imidazole rings is 1. The van der Waals surface area contributed by atoms with E-state index in [4.69, 9.17) is 0 Å². The second kappa shape index (κ2) is 6.61. The summed E-state index contributed by atoms with van der Waals surface area (Å²) < 4.78 is 2.14. The smallest absolute Gasteiger partial charge is 0.165 e. The maximum Gasteiger partial charge on any atom is 0.165 e. The summed E-state index contributed by atoms with van der Waals surface area (Å²) >= 11 is 0. The lowest BCUT2D eigenvalue weighted by molar-refractivity contribution is 0.0972. The molecule has 0 amide bonds. The lowest BCUT2D eigenvalue weighted by Gasteiger charge is -2.18. The van der Waals surface area contributed by atoms with Gasteiger partial charge in [0.1, 0.15) is 0 Å². The molecule has 0 spiro atoms. The summed E-state index contributed by atoms with van der Waals surface area (Å²) in [6.45, 7) is 2.12. The van der Waals surface area contributed by atoms with Crippen LogP contribution in [0.1, 0.15) is 41.0 Å². The zero-order chi connectivity index (χ0) is 19.1. The summed E-state index contributed by atoms with van der Waals surface area (Å²) in [6.07, 6.45) is 4.15. The van der Waals surface area contributed by atoms with Crippen LogP contribution in [0.2, 0.25) is 0 Å². The number of carbonyl (C=O) groups is 1. The Balaban J connectivity index is 1.53. The van der Waals surface area contributed by atoms with E-state index >= 15 is 0 Å². The van der Waals surface area contributed by atoms with Crippen LogP contribution in [0.3, 0.4) is 0 Å². The lowest BCUT2D eigenvalue weighted by Crippen LogP contribution is -2.13. The Kier molecular flexibility index (Phi) is 3.94. The first-order chi connectivity index (χ1) is 13.7. The zero-order valence-corrected chi connectivity index (χ0v) is 15.7. The van der Waals surface area contributed by atoms with Gasteiger partial charge in [0.05, 0.1) is 24.3 Å². The van der Waals surface area contributed by atoms with Crippen LogP contribution in [-0.4, -0.2) is 15.3 Å². The van der Waals surface area contributed by atoms with Gasteiger partial charge in [0.2, 0.25) is 0 Å². The minimum atomic E-state index is -0.0288. The van der Waals surface area contributed by atoms with Gasteiger partial charge in [0.15, 0.2) is 5.78 Å². The standard InChI is InChI=1S/C25H20N2O/c1-17-23-15-26-16-27(23)22(25(17)19-8-3-2-4-9-19)14-24(28)21-12-11-18-7-5-6-10-20(18)13-21/h2-13,15-16,22H,14H2,1H3. The Morgan fingerprint density at radius 2 is 1.71 bits per heavy atom. The summed E-state index contributed by atoms with van der Waals surface area (Å²) in [5, 5.41) is 2.25. The highest BCUT2D eigenvalue weighted by Crippen LogP contribution is 2.44. The van der Waals surface area contributed by atoms with E-state index in [1.54, 1.807) is 0 Å². The Labute approximate surface area is 164 Å². The fraction of sp³-hybridized carbons (Fsp3) is 0.120. The number of Topliss-reactive ketones (excluding diaryl/α,β-unsaturated/α-hetero) is 1. The van der Waals surface area contributed by atoms with Crippen LogP contribution >= 0.6 is 0 Å². The maximum atomic E-state index is 13.2. The van der Waals surface area contributed by atoms with Gasteiger partial charge in [0.25, 0.3) is 0 Å². The van der Waals surface area contributed by atoms with Crippen LogP contribution in [0.4, 0.5) is 0 Å². The summed E-state index contributed by atoms with van der Waals surface area (Å²) in [4.78, 5) is 17.5. The van der Waals surface area contributed by atoms with Gasteiger partial charge in [-0.25, -0.2) is 4.98 Å². The zero-order valence-electron chi connectivity index (χ0n) is 15.7. The second-order valence-electron chi connectivity index (χ2n) is 7.30. The minimum absolute atomic E-state index is 0.0288. The highest BCUT2D eigenvalue weighted by Gasteiger charge is 2.31. The van der Waals surface area contributed by atoms with Crippen LogP contribution in [0.25, 0.3) is 21.9 Å². The number of hydrogen-bond acceptors (Lipinski definition) is 2. The van der Waals surface area contributed by atoms with Crippen LogP contribution in [-0.2, 0) is 0 Å². The molecule has 1 aliphatic rings. The molecule has 1 atom stereocenters. The van der Waals surface area contributed by atoms with Crippen molar-refractivity contribution in [2.75, 3.05) is 0 Å². The highest BCUT2D eigenvalue weighted by molar-refractivity contribution is 6.03. The summed E-state index contributed by atoms with van der Waals surface area (Å²) in [7, 11) is 0. The minimum Gasteiger partial charge on any atom is -0.323 e. The number of carbonyl (C=O) groups excluding carboxylic acids is 1. The summed E-state index contributed by atoms with van der Waals surface area (Å²) in [5.74, 6) is 0.151. The number of aromatic nitrogens is 2. The third-order valence-corrected chi connectivity index (χ3v) is 5.66. The number of fused-ring (bicyclic) bond motifs is 2. The van der Waals surface area contributed by atoms with Gasteiger partial charge in [-0.15, -0.1) is 0 Å². The number of nitrogens with zero attached hydrogens (tertiary/aromatic N) is 2. The molecule has 4 aromatic rings. The van der Waals surface area contributed by atoms with Crippen molar-refractivity contribution < 1.29 is 4.79 Å². The van der Waals surface area contributed by atoms with E-state index in [1.807, 2.05) is 61.1 Å². The number of hydrogen-bond donors (Lipinski definition) is 0. The fourth-order valence-electron chi connectivity index (χ4n) is 4.25. The molecule has 5 rings (SSSR count). The molecule has 0 radical (unpaired) electrons. The van der Waals surface area contributed by atoms with Crippen molar-refractivity contribution in [2.45, 2.75) is 19.4 Å². The third-order valence-electron chi connectivity index (χ3n) is 5.66. The Bertz CT molecular complexity index is 1220. The molecule has 3 heteroatoms. The molecular weight excluding hydrogens is 344 g/mol. The number of ketones is 1. The molecule has 1 unspecified atom stereocenters. The maximum absolute atomic E-state index is 13.2. The van der Waals surface area contributed by atoms with Gasteiger partial charge in [-0.2, -0.15) is 0 Å². The predicted octanol–water partition coefficient (Wildman–Crippen LogP) is 5.79. The topological polar surface area (TPSA) is 34.9 Å². The molecule has 1 aliphatic heterocycles. The Hall–Kier alpha value is -3.46. The van der Waals surface area contributed by atoms with Crippen molar-refractivity contribution in [1.82, 2.24) is 9.55 Å². The molecule has 0 aliphatic carbocycles. The van der Waals surface area contributed by atoms with Gasteiger partial charge < -0.3 is 4.57 Å². The second-order valence-corrected chi connectivity index (χ2v) is 7.30. The molecule has 3 aromatic carbocycles. The molecule has 1 aromatic heterocycles. The normalized spacial score (nSPS) is 15.8. The summed E-state index contributed by atoms with van der Waals surface area (Å²) in [5.41, 5.74) is 5.43. The molecule has 0 fully saturated rings. The van der Waals surface area contributed by atoms with Crippen molar-refractivity contribution in [2.24, 2.45) is 0 Å². The molecule has 28 heavy (non-hydrogen) atoms. The average molecular weight is 364 g/mol. The van der Waals surface area contributed by atoms with Gasteiger partial charge in [-0.3, -0.25) is 4.79 Å². The van der Waals surface area contributed by atoms with E-state index in [-0.39, 0.29) is 11.8 Å². The van der Waals surface area contributed by atoms with Crippen LogP contribution < -0.4 is 0 Å². The largest absolute Gasteiger partial charge is 0.323 e. The van der Waals surface area contributed by atoms with E-state index in [9.17, 15) is 4.79 Å². The SMILES string of the molecule is CC1=C(c2ccccc2)C(CC(=O)c2ccc3ccccc3c2)n2cncc21. The van der Waals surface area contributed by atoms with Gasteiger partial charge in [-0.1, -0.05) is 66.7 Å². The molecule has 0 bridgehead atoms. The number of rotatable bonds is 4. The van der Waals surface area contributed by atoms with Crippen molar-refractivity contribution in [3.05, 3.63) is 102 Å². The highest BCUT2D eigenvalue weighted by atomic mass is 16.1. The van der Waals surface area contributed by atoms with E-state index in [0.29, 0.717) is 6.42 Å². The van der Waals surface area contributed by atoms with Crippen LogP contribution in [0.15, 0.2) is 85.3 Å². The van der Waals surface area contributed by atoms with Crippen molar-refractivity contribution in [1.29, 1.82) is 0 Å².